The predicted molar refractivity (Wildman–Crippen MR) is 147 cm³/mol. The van der Waals surface area contributed by atoms with E-state index in [-0.39, 0.29) is 51.4 Å². The molecule has 4 N–H and O–H groups in total. The molecule has 5 aliphatic carbocycles. The minimum Gasteiger partial charge on any atom is -0.396 e. The van der Waals surface area contributed by atoms with Crippen molar-refractivity contribution >= 4 is 5.91 Å². The number of rotatable bonds is 3. The van der Waals surface area contributed by atoms with Crippen LogP contribution in [0, 0.1) is 50.2 Å². The Bertz CT molecular complexity index is 976. The maximum atomic E-state index is 13.7. The van der Waals surface area contributed by atoms with Crippen LogP contribution in [0.2, 0.25) is 0 Å². The number of amides is 1. The highest BCUT2D eigenvalue weighted by atomic mass is 16.3. The summed E-state index contributed by atoms with van der Waals surface area (Å²) in [6.45, 7) is 16.7. The van der Waals surface area contributed by atoms with Gasteiger partial charge in [-0.2, -0.15) is 0 Å². The fraction of sp³-hybridized carbons (Fsp3) is 0.906. The summed E-state index contributed by atoms with van der Waals surface area (Å²) in [5.74, 6) is 1.09. The van der Waals surface area contributed by atoms with Gasteiger partial charge in [0.25, 0.3) is 0 Å². The third-order valence-electron chi connectivity index (χ3n) is 13.5. The largest absolute Gasteiger partial charge is 0.396 e. The van der Waals surface area contributed by atoms with E-state index in [1.54, 1.807) is 5.57 Å². The van der Waals surface area contributed by atoms with Crippen molar-refractivity contribution in [3.8, 4) is 0 Å². The van der Waals surface area contributed by atoms with Crippen molar-refractivity contribution in [2.45, 2.75) is 118 Å². The first-order valence-electron chi connectivity index (χ1n) is 15.1. The molecule has 5 nitrogen and oxygen atoms in total. The Balaban J connectivity index is 1.60. The van der Waals surface area contributed by atoms with Gasteiger partial charge in [0.05, 0.1) is 24.2 Å². The van der Waals surface area contributed by atoms with Gasteiger partial charge in [-0.3, -0.25) is 4.79 Å². The second kappa shape index (κ2) is 8.54. The number of hydrogen-bond acceptors (Lipinski definition) is 4. The Morgan fingerprint density at radius 3 is 2.30 bits per heavy atom. The molecular weight excluding hydrogens is 462 g/mol. The molecule has 0 aromatic heterocycles. The molecule has 10 atom stereocenters. The van der Waals surface area contributed by atoms with E-state index in [0.29, 0.717) is 18.9 Å². The lowest BCUT2D eigenvalue weighted by Crippen LogP contribution is -2.68. The molecule has 1 amide bonds. The fourth-order valence-electron chi connectivity index (χ4n) is 11.1. The van der Waals surface area contributed by atoms with E-state index in [0.717, 1.165) is 51.4 Å². The molecule has 5 heteroatoms. The molecule has 0 aliphatic heterocycles. The number of allylic oxidation sites excluding steroid dienone is 2. The summed E-state index contributed by atoms with van der Waals surface area (Å²) in [5, 5.41) is 35.8. The summed E-state index contributed by atoms with van der Waals surface area (Å²) in [6, 6.07) is 0. The van der Waals surface area contributed by atoms with Crippen LogP contribution in [0.5, 0.6) is 0 Å². The maximum absolute atomic E-state index is 13.7. The van der Waals surface area contributed by atoms with Crippen molar-refractivity contribution in [1.82, 2.24) is 5.32 Å². The van der Waals surface area contributed by atoms with Gasteiger partial charge in [-0.1, -0.05) is 53.2 Å². The molecule has 4 fully saturated rings. The molecule has 0 aromatic rings. The number of aliphatic hydroxyl groups is 3. The standard InChI is InChI=1S/C32H53NO4/c1-8-33-26(37)32-15-13-27(2,3)17-21(32)20-9-10-24-28(4)18-22(35)25(36)29(5,19-34)23(28)11-12-31(24,7)30(20,6)14-16-32/h9,21-25,34-36H,8,10-19H2,1-7H3,(H,33,37)/t21-,22+,23+,24+,25-,28-,29-,30+,31+,32-/m0/s1. The first-order valence-corrected chi connectivity index (χ1v) is 15.1. The molecule has 0 saturated heterocycles. The molecule has 0 unspecified atom stereocenters. The second-order valence-electron chi connectivity index (χ2n) is 15.6. The van der Waals surface area contributed by atoms with Gasteiger partial charge < -0.3 is 20.6 Å². The Labute approximate surface area is 224 Å². The van der Waals surface area contributed by atoms with E-state index in [1.165, 1.54) is 0 Å². The number of hydrogen-bond donors (Lipinski definition) is 4. The molecular formula is C32H53NO4. The molecule has 4 saturated carbocycles. The zero-order valence-electron chi connectivity index (χ0n) is 24.5. The van der Waals surface area contributed by atoms with Gasteiger partial charge in [0.2, 0.25) is 5.91 Å². The van der Waals surface area contributed by atoms with Crippen LogP contribution in [0.4, 0.5) is 0 Å². The Morgan fingerprint density at radius 2 is 1.65 bits per heavy atom. The number of carbonyl (C=O) groups is 1. The Morgan fingerprint density at radius 1 is 0.973 bits per heavy atom. The minimum atomic E-state index is -0.887. The third-order valence-corrected chi connectivity index (χ3v) is 13.5. The SMILES string of the molecule is CCNC(=O)[C@]12CCC(C)(C)C[C@H]1C1=CC[C@@H]3[C@@]4(C)C[C@@H](O)[C@H](O)[C@@](C)(CO)[C@@H]4CC[C@@]3(C)[C@]1(C)CC2. The summed E-state index contributed by atoms with van der Waals surface area (Å²) < 4.78 is 0. The minimum absolute atomic E-state index is 0.00854. The van der Waals surface area contributed by atoms with E-state index in [2.05, 4.69) is 46.0 Å². The number of carbonyl (C=O) groups excluding carboxylic acids is 1. The van der Waals surface area contributed by atoms with Gasteiger partial charge >= 0.3 is 0 Å². The number of aliphatic hydroxyl groups excluding tert-OH is 3. The molecule has 0 bridgehead atoms. The van der Waals surface area contributed by atoms with Gasteiger partial charge in [0, 0.05) is 12.0 Å². The molecule has 5 rings (SSSR count). The fourth-order valence-corrected chi connectivity index (χ4v) is 11.1. The van der Waals surface area contributed by atoms with Crippen molar-refractivity contribution in [3.05, 3.63) is 11.6 Å². The summed E-state index contributed by atoms with van der Waals surface area (Å²) in [7, 11) is 0. The zero-order valence-corrected chi connectivity index (χ0v) is 24.5. The van der Waals surface area contributed by atoms with Crippen LogP contribution < -0.4 is 5.32 Å². The normalized spacial score (nSPS) is 52.6. The number of fused-ring (bicyclic) bond motifs is 7. The quantitative estimate of drug-likeness (QED) is 0.388. The highest BCUT2D eigenvalue weighted by Crippen LogP contribution is 2.75. The highest BCUT2D eigenvalue weighted by molar-refractivity contribution is 5.84. The van der Waals surface area contributed by atoms with Crippen molar-refractivity contribution in [2.24, 2.45) is 50.2 Å². The molecule has 0 heterocycles. The maximum Gasteiger partial charge on any atom is 0.226 e. The summed E-state index contributed by atoms with van der Waals surface area (Å²) >= 11 is 0. The zero-order chi connectivity index (χ0) is 27.2. The number of nitrogens with one attached hydrogen (secondary N) is 1. The Kier molecular flexibility index (Phi) is 6.38. The molecule has 0 aromatic carbocycles. The van der Waals surface area contributed by atoms with Crippen molar-refractivity contribution in [2.75, 3.05) is 13.2 Å². The molecule has 0 spiro atoms. The van der Waals surface area contributed by atoms with Gasteiger partial charge in [-0.25, -0.2) is 0 Å². The summed E-state index contributed by atoms with van der Waals surface area (Å²) in [6.07, 6.45) is 9.54. The van der Waals surface area contributed by atoms with Gasteiger partial charge in [0.1, 0.15) is 0 Å². The second-order valence-corrected chi connectivity index (χ2v) is 15.6. The topological polar surface area (TPSA) is 89.8 Å². The van der Waals surface area contributed by atoms with E-state index < -0.39 is 17.6 Å². The first-order chi connectivity index (χ1) is 17.2. The van der Waals surface area contributed by atoms with Crippen LogP contribution >= 0.6 is 0 Å². The average molecular weight is 516 g/mol. The summed E-state index contributed by atoms with van der Waals surface area (Å²) in [4.78, 5) is 13.7. The Hall–Kier alpha value is -0.910. The van der Waals surface area contributed by atoms with Crippen molar-refractivity contribution in [1.29, 1.82) is 0 Å². The van der Waals surface area contributed by atoms with Crippen LogP contribution in [0.1, 0.15) is 106 Å². The summed E-state index contributed by atoms with van der Waals surface area (Å²) in [5.41, 5.74) is 0.694. The van der Waals surface area contributed by atoms with Crippen LogP contribution in [-0.4, -0.2) is 46.6 Å². The van der Waals surface area contributed by atoms with E-state index in [1.807, 2.05) is 13.8 Å². The van der Waals surface area contributed by atoms with E-state index in [4.69, 9.17) is 0 Å². The molecule has 5 aliphatic rings. The molecule has 37 heavy (non-hydrogen) atoms. The van der Waals surface area contributed by atoms with Crippen LogP contribution in [0.15, 0.2) is 11.6 Å². The van der Waals surface area contributed by atoms with E-state index in [9.17, 15) is 20.1 Å². The lowest BCUT2D eigenvalue weighted by molar-refractivity contribution is -0.243. The van der Waals surface area contributed by atoms with Gasteiger partial charge in [-0.05, 0) is 104 Å². The highest BCUT2D eigenvalue weighted by Gasteiger charge is 2.70. The van der Waals surface area contributed by atoms with Crippen LogP contribution in [-0.2, 0) is 4.79 Å². The molecule has 0 radical (unpaired) electrons. The lowest BCUT2D eigenvalue weighted by Gasteiger charge is -2.71. The van der Waals surface area contributed by atoms with E-state index >= 15 is 0 Å². The first kappa shape index (κ1) is 27.6. The van der Waals surface area contributed by atoms with Crippen molar-refractivity contribution in [3.63, 3.8) is 0 Å². The van der Waals surface area contributed by atoms with Gasteiger partial charge in [0.15, 0.2) is 0 Å². The molecule has 210 valence electrons. The predicted octanol–water partition coefficient (Wildman–Crippen LogP) is 5.23. The van der Waals surface area contributed by atoms with Crippen LogP contribution in [0.3, 0.4) is 0 Å². The van der Waals surface area contributed by atoms with Crippen LogP contribution in [0.25, 0.3) is 0 Å². The van der Waals surface area contributed by atoms with Crippen molar-refractivity contribution < 1.29 is 20.1 Å². The average Bonchev–Trinajstić information content (AvgIpc) is 2.82. The monoisotopic (exact) mass is 515 g/mol. The smallest absolute Gasteiger partial charge is 0.226 e. The lowest BCUT2D eigenvalue weighted by atomic mass is 9.33. The van der Waals surface area contributed by atoms with Gasteiger partial charge in [-0.15, -0.1) is 0 Å². The third kappa shape index (κ3) is 3.48.